The van der Waals surface area contributed by atoms with Crippen LogP contribution in [-0.2, 0) is 16.6 Å². The third-order valence-corrected chi connectivity index (χ3v) is 6.72. The van der Waals surface area contributed by atoms with Crippen molar-refractivity contribution in [2.75, 3.05) is 5.32 Å². The van der Waals surface area contributed by atoms with Crippen LogP contribution >= 0.6 is 0 Å². The fourth-order valence-corrected chi connectivity index (χ4v) is 4.89. The van der Waals surface area contributed by atoms with Gasteiger partial charge in [0.2, 0.25) is 0 Å². The molecule has 5 rings (SSSR count). The van der Waals surface area contributed by atoms with Gasteiger partial charge in [-0.2, -0.15) is 13.5 Å². The molecule has 4 aromatic rings. The maximum absolute atomic E-state index is 13.0. The van der Waals surface area contributed by atoms with Crippen molar-refractivity contribution >= 4 is 27.5 Å². The Morgan fingerprint density at radius 1 is 0.941 bits per heavy atom. The summed E-state index contributed by atoms with van der Waals surface area (Å²) < 4.78 is 30.0. The first-order chi connectivity index (χ1) is 16.5. The first kappa shape index (κ1) is 21.5. The lowest BCUT2D eigenvalue weighted by molar-refractivity contribution is 0.0932. The summed E-state index contributed by atoms with van der Waals surface area (Å²) in [6.45, 7) is 0.434. The van der Waals surface area contributed by atoms with Crippen LogP contribution in [-0.4, -0.2) is 34.9 Å². The van der Waals surface area contributed by atoms with Gasteiger partial charge < -0.3 is 10.6 Å². The highest BCUT2D eigenvalue weighted by Crippen LogP contribution is 2.26. The van der Waals surface area contributed by atoms with Crippen molar-refractivity contribution in [1.29, 1.82) is 0 Å². The number of hydrogen-bond acceptors (Lipinski definition) is 6. The number of amides is 1. The lowest BCUT2D eigenvalue weighted by Crippen LogP contribution is -2.31. The first-order valence-corrected chi connectivity index (χ1v) is 11.9. The summed E-state index contributed by atoms with van der Waals surface area (Å²) in [5.74, 6) is 0.0106. The number of nitrogens with one attached hydrogen (secondary N) is 2. The molecule has 1 aliphatic heterocycles. The van der Waals surface area contributed by atoms with E-state index >= 15 is 0 Å². The van der Waals surface area contributed by atoms with Crippen LogP contribution in [0.5, 0.6) is 0 Å². The third-order valence-electron chi connectivity index (χ3n) is 5.38. The number of sulfonamides is 1. The van der Waals surface area contributed by atoms with E-state index in [1.54, 1.807) is 53.5 Å². The Bertz CT molecular complexity index is 1450. The van der Waals surface area contributed by atoms with Gasteiger partial charge in [0.25, 0.3) is 15.9 Å². The standard InChI is InChI=1S/C24H20N6O3S/c31-24(28-21(14-30-16-25-15-26-30)17-6-2-1-3-7-17)18-10-12-19(13-11-18)27-23-20-8-4-5-9-22(20)34(32,33)29-23/h1-13,15-16,21H,14H2,(H,27,29)(H,28,31). The number of rotatable bonds is 6. The van der Waals surface area contributed by atoms with Gasteiger partial charge >= 0.3 is 0 Å². The Kier molecular flexibility index (Phi) is 5.64. The highest BCUT2D eigenvalue weighted by molar-refractivity contribution is 7.90. The second-order valence-corrected chi connectivity index (χ2v) is 9.24. The van der Waals surface area contributed by atoms with Crippen LogP contribution in [0.2, 0.25) is 0 Å². The zero-order chi connectivity index (χ0) is 23.5. The average molecular weight is 473 g/mol. The SMILES string of the molecule is O=C(NC(Cn1cncn1)c1ccccc1)c1ccc(NC2=NS(=O)(=O)c3ccccc32)cc1. The number of carbonyl (C=O) groups excluding carboxylic acids is 1. The second-order valence-electron chi connectivity index (χ2n) is 7.67. The summed E-state index contributed by atoms with van der Waals surface area (Å²) in [5.41, 5.74) is 2.54. The van der Waals surface area contributed by atoms with Gasteiger partial charge in [-0.3, -0.25) is 9.48 Å². The van der Waals surface area contributed by atoms with Crippen LogP contribution in [0.25, 0.3) is 0 Å². The molecule has 1 amide bonds. The van der Waals surface area contributed by atoms with E-state index in [9.17, 15) is 13.2 Å². The van der Waals surface area contributed by atoms with E-state index in [1.807, 2.05) is 30.3 Å². The molecular weight excluding hydrogens is 452 g/mol. The molecule has 1 atom stereocenters. The van der Waals surface area contributed by atoms with Crippen LogP contribution in [0.1, 0.15) is 27.5 Å². The van der Waals surface area contributed by atoms with Crippen molar-refractivity contribution in [3.63, 3.8) is 0 Å². The molecule has 2 N–H and O–H groups in total. The summed E-state index contributed by atoms with van der Waals surface area (Å²) in [6.07, 6.45) is 3.06. The lowest BCUT2D eigenvalue weighted by atomic mass is 10.1. The fourth-order valence-electron chi connectivity index (χ4n) is 3.71. The van der Waals surface area contributed by atoms with Crippen molar-refractivity contribution in [1.82, 2.24) is 20.1 Å². The summed E-state index contributed by atoms with van der Waals surface area (Å²) in [6, 6.07) is 22.7. The van der Waals surface area contributed by atoms with E-state index in [0.29, 0.717) is 23.4 Å². The summed E-state index contributed by atoms with van der Waals surface area (Å²) in [7, 11) is -3.71. The first-order valence-electron chi connectivity index (χ1n) is 10.5. The Labute approximate surface area is 196 Å². The molecule has 0 bridgehead atoms. The Morgan fingerprint density at radius 2 is 1.68 bits per heavy atom. The molecule has 3 aromatic carbocycles. The molecule has 0 saturated heterocycles. The number of carbonyl (C=O) groups is 1. The molecule has 10 heteroatoms. The van der Waals surface area contributed by atoms with Gasteiger partial charge in [-0.05, 0) is 42.0 Å². The van der Waals surface area contributed by atoms with Gasteiger partial charge in [0, 0.05) is 16.8 Å². The van der Waals surface area contributed by atoms with Crippen molar-refractivity contribution in [3.8, 4) is 0 Å². The molecule has 0 radical (unpaired) electrons. The number of amidine groups is 1. The number of fused-ring (bicyclic) bond motifs is 1. The molecule has 170 valence electrons. The van der Waals surface area contributed by atoms with E-state index in [0.717, 1.165) is 5.56 Å². The predicted molar refractivity (Wildman–Crippen MR) is 127 cm³/mol. The molecule has 1 aromatic heterocycles. The van der Waals surface area contributed by atoms with E-state index in [2.05, 4.69) is 25.1 Å². The van der Waals surface area contributed by atoms with Crippen molar-refractivity contribution in [2.24, 2.45) is 4.40 Å². The van der Waals surface area contributed by atoms with Crippen molar-refractivity contribution in [2.45, 2.75) is 17.5 Å². The minimum absolute atomic E-state index is 0.174. The summed E-state index contributed by atoms with van der Waals surface area (Å²) >= 11 is 0. The molecule has 1 unspecified atom stereocenters. The third kappa shape index (κ3) is 4.44. The van der Waals surface area contributed by atoms with Gasteiger partial charge in [-0.1, -0.05) is 42.5 Å². The van der Waals surface area contributed by atoms with Gasteiger partial charge in [0.1, 0.15) is 17.6 Å². The van der Waals surface area contributed by atoms with Gasteiger partial charge in [0.15, 0.2) is 5.84 Å². The summed E-state index contributed by atoms with van der Waals surface area (Å²) in [5, 5.41) is 10.2. The minimum Gasteiger partial charge on any atom is -0.343 e. The molecule has 2 heterocycles. The van der Waals surface area contributed by atoms with Crippen molar-refractivity contribution < 1.29 is 13.2 Å². The number of anilines is 1. The normalized spacial score (nSPS) is 14.6. The highest BCUT2D eigenvalue weighted by atomic mass is 32.2. The number of nitrogens with zero attached hydrogens (tertiary/aromatic N) is 4. The fraction of sp³-hybridized carbons (Fsp3) is 0.0833. The molecule has 34 heavy (non-hydrogen) atoms. The molecule has 9 nitrogen and oxygen atoms in total. The van der Waals surface area contributed by atoms with E-state index in [4.69, 9.17) is 0 Å². The monoisotopic (exact) mass is 472 g/mol. The Hall–Kier alpha value is -4.31. The largest absolute Gasteiger partial charge is 0.343 e. The van der Waals surface area contributed by atoms with Crippen LogP contribution in [0.3, 0.4) is 0 Å². The Morgan fingerprint density at radius 3 is 2.41 bits per heavy atom. The highest BCUT2D eigenvalue weighted by Gasteiger charge is 2.28. The van der Waals surface area contributed by atoms with Crippen LogP contribution in [0.15, 0.2) is 101 Å². The molecule has 0 fully saturated rings. The maximum Gasteiger partial charge on any atom is 0.285 e. The van der Waals surface area contributed by atoms with Gasteiger partial charge in [-0.25, -0.2) is 4.98 Å². The number of benzene rings is 3. The minimum atomic E-state index is -3.71. The smallest absolute Gasteiger partial charge is 0.285 e. The Balaban J connectivity index is 1.31. The zero-order valence-corrected chi connectivity index (χ0v) is 18.7. The quantitative estimate of drug-likeness (QED) is 0.445. The molecule has 0 saturated carbocycles. The summed E-state index contributed by atoms with van der Waals surface area (Å²) in [4.78, 5) is 17.1. The van der Waals surface area contributed by atoms with Crippen LogP contribution in [0, 0.1) is 0 Å². The lowest BCUT2D eigenvalue weighted by Gasteiger charge is -2.19. The van der Waals surface area contributed by atoms with Gasteiger partial charge in [0.05, 0.1) is 12.6 Å². The van der Waals surface area contributed by atoms with E-state index < -0.39 is 10.0 Å². The number of aromatic nitrogens is 3. The molecule has 0 aliphatic carbocycles. The average Bonchev–Trinajstić information content (AvgIpc) is 3.45. The van der Waals surface area contributed by atoms with Crippen LogP contribution in [0.4, 0.5) is 5.69 Å². The topological polar surface area (TPSA) is 118 Å². The molecule has 1 aliphatic rings. The van der Waals surface area contributed by atoms with Gasteiger partial charge in [-0.15, -0.1) is 4.40 Å². The predicted octanol–water partition coefficient (Wildman–Crippen LogP) is 3.01. The van der Waals surface area contributed by atoms with Crippen LogP contribution < -0.4 is 10.6 Å². The maximum atomic E-state index is 13.0. The van der Waals surface area contributed by atoms with E-state index in [-0.39, 0.29) is 22.7 Å². The van der Waals surface area contributed by atoms with Crippen molar-refractivity contribution in [3.05, 3.63) is 108 Å². The molecular formula is C24H20N6O3S. The molecule has 0 spiro atoms. The second kappa shape index (κ2) is 8.91. The van der Waals surface area contributed by atoms with E-state index in [1.165, 1.54) is 12.4 Å². The zero-order valence-electron chi connectivity index (χ0n) is 17.9. The number of hydrogen-bond donors (Lipinski definition) is 2.